The van der Waals surface area contributed by atoms with Crippen LogP contribution in [0.25, 0.3) is 0 Å². The van der Waals surface area contributed by atoms with E-state index in [2.05, 4.69) is 6.58 Å². The molecule has 0 unspecified atom stereocenters. The van der Waals surface area contributed by atoms with Gasteiger partial charge < -0.3 is 5.73 Å². The first kappa shape index (κ1) is 19.8. The molecule has 0 heterocycles. The lowest BCUT2D eigenvalue weighted by atomic mass is 9.95. The number of alkyl halides is 6. The largest absolute Gasteiger partial charge is 0.416 e. The minimum atomic E-state index is -4.89. The van der Waals surface area contributed by atoms with E-state index in [-0.39, 0.29) is 30.5 Å². The standard InChI is InChI=1S/C13H13F6N.ClH/c1-2-3-4-11(20)9-6-5-8(12(14,15)16)7-10(9)13(17,18)19;/h2,5-7,11H,1,3-4,20H2;1H/t11-;/m0./s1. The molecule has 1 aromatic carbocycles. The molecule has 120 valence electrons. The molecular weight excluding hydrogens is 320 g/mol. The lowest BCUT2D eigenvalue weighted by Gasteiger charge is -2.19. The second-order valence-corrected chi connectivity index (χ2v) is 4.27. The van der Waals surface area contributed by atoms with Crippen molar-refractivity contribution >= 4 is 12.4 Å². The molecule has 0 aromatic heterocycles. The van der Waals surface area contributed by atoms with Gasteiger partial charge in [0.25, 0.3) is 0 Å². The van der Waals surface area contributed by atoms with Crippen molar-refractivity contribution < 1.29 is 26.3 Å². The van der Waals surface area contributed by atoms with Gasteiger partial charge in [-0.1, -0.05) is 12.1 Å². The molecule has 0 aliphatic heterocycles. The minimum absolute atomic E-state index is 0. The van der Waals surface area contributed by atoms with E-state index >= 15 is 0 Å². The van der Waals surface area contributed by atoms with Crippen molar-refractivity contribution in [3.05, 3.63) is 47.5 Å². The van der Waals surface area contributed by atoms with Gasteiger partial charge >= 0.3 is 12.4 Å². The molecule has 0 spiro atoms. The van der Waals surface area contributed by atoms with Gasteiger partial charge in [-0.05, 0) is 30.5 Å². The van der Waals surface area contributed by atoms with E-state index in [0.29, 0.717) is 12.5 Å². The van der Waals surface area contributed by atoms with Gasteiger partial charge in [0.1, 0.15) is 0 Å². The topological polar surface area (TPSA) is 26.0 Å². The molecular formula is C13H14ClF6N. The Morgan fingerprint density at radius 3 is 2.10 bits per heavy atom. The highest BCUT2D eigenvalue weighted by molar-refractivity contribution is 5.85. The molecule has 1 aromatic rings. The number of benzene rings is 1. The van der Waals surface area contributed by atoms with Gasteiger partial charge in [0, 0.05) is 6.04 Å². The number of halogens is 7. The first-order valence-electron chi connectivity index (χ1n) is 5.72. The molecule has 0 bridgehead atoms. The lowest BCUT2D eigenvalue weighted by Crippen LogP contribution is -2.19. The van der Waals surface area contributed by atoms with Crippen LogP contribution in [-0.4, -0.2) is 0 Å². The Morgan fingerprint density at radius 2 is 1.67 bits per heavy atom. The maximum Gasteiger partial charge on any atom is 0.416 e. The average molecular weight is 334 g/mol. The molecule has 21 heavy (non-hydrogen) atoms. The number of hydrogen-bond acceptors (Lipinski definition) is 1. The summed E-state index contributed by atoms with van der Waals surface area (Å²) in [7, 11) is 0. The molecule has 0 amide bonds. The maximum atomic E-state index is 12.9. The summed E-state index contributed by atoms with van der Waals surface area (Å²) in [6.45, 7) is 3.42. The van der Waals surface area contributed by atoms with Gasteiger partial charge in [-0.15, -0.1) is 19.0 Å². The fourth-order valence-electron chi connectivity index (χ4n) is 1.75. The molecule has 8 heteroatoms. The van der Waals surface area contributed by atoms with Crippen molar-refractivity contribution in [1.82, 2.24) is 0 Å². The second kappa shape index (κ2) is 7.17. The molecule has 1 nitrogen and oxygen atoms in total. The third-order valence-electron chi connectivity index (χ3n) is 2.77. The van der Waals surface area contributed by atoms with Crippen LogP contribution in [0.2, 0.25) is 0 Å². The predicted octanol–water partition coefficient (Wildman–Crippen LogP) is 5.11. The van der Waals surface area contributed by atoms with Gasteiger partial charge in [0.2, 0.25) is 0 Å². The summed E-state index contributed by atoms with van der Waals surface area (Å²) in [6.07, 6.45) is -7.68. The smallest absolute Gasteiger partial charge is 0.324 e. The summed E-state index contributed by atoms with van der Waals surface area (Å²) in [5.74, 6) is 0. The van der Waals surface area contributed by atoms with Crippen LogP contribution in [0.1, 0.15) is 35.6 Å². The Labute approximate surface area is 124 Å². The van der Waals surface area contributed by atoms with Crippen LogP contribution < -0.4 is 5.73 Å². The molecule has 0 saturated carbocycles. The normalized spacial score (nSPS) is 13.5. The van der Waals surface area contributed by atoms with E-state index in [4.69, 9.17) is 5.73 Å². The summed E-state index contributed by atoms with van der Waals surface area (Å²) in [4.78, 5) is 0. The van der Waals surface area contributed by atoms with Crippen LogP contribution in [0.3, 0.4) is 0 Å². The molecule has 0 saturated heterocycles. The zero-order chi connectivity index (χ0) is 15.6. The zero-order valence-corrected chi connectivity index (χ0v) is 11.6. The van der Waals surface area contributed by atoms with Crippen molar-refractivity contribution in [3.8, 4) is 0 Å². The van der Waals surface area contributed by atoms with Gasteiger partial charge in [-0.2, -0.15) is 26.3 Å². The van der Waals surface area contributed by atoms with Crippen molar-refractivity contribution in [2.75, 3.05) is 0 Å². The van der Waals surface area contributed by atoms with Crippen LogP contribution >= 0.6 is 12.4 Å². The van der Waals surface area contributed by atoms with Crippen LogP contribution in [-0.2, 0) is 12.4 Å². The first-order chi connectivity index (χ1) is 9.07. The van der Waals surface area contributed by atoms with E-state index in [9.17, 15) is 26.3 Å². The third-order valence-corrected chi connectivity index (χ3v) is 2.77. The molecule has 0 aliphatic rings. The van der Waals surface area contributed by atoms with E-state index in [1.54, 1.807) is 0 Å². The molecule has 0 fully saturated rings. The Balaban J connectivity index is 0.00000400. The number of rotatable bonds is 4. The van der Waals surface area contributed by atoms with E-state index < -0.39 is 29.5 Å². The molecule has 0 aliphatic carbocycles. The second-order valence-electron chi connectivity index (χ2n) is 4.27. The van der Waals surface area contributed by atoms with Crippen molar-refractivity contribution in [2.24, 2.45) is 5.73 Å². The zero-order valence-electron chi connectivity index (χ0n) is 10.8. The van der Waals surface area contributed by atoms with Crippen LogP contribution in [0.5, 0.6) is 0 Å². The summed E-state index contributed by atoms with van der Waals surface area (Å²) in [6, 6.07) is 0.507. The van der Waals surface area contributed by atoms with E-state index in [1.807, 2.05) is 0 Å². The van der Waals surface area contributed by atoms with E-state index in [1.165, 1.54) is 6.08 Å². The number of allylic oxidation sites excluding steroid dienone is 1. The molecule has 0 radical (unpaired) electrons. The summed E-state index contributed by atoms with van der Waals surface area (Å²) >= 11 is 0. The van der Waals surface area contributed by atoms with Gasteiger partial charge in [-0.25, -0.2) is 0 Å². The minimum Gasteiger partial charge on any atom is -0.324 e. The van der Waals surface area contributed by atoms with Gasteiger partial charge in [0.15, 0.2) is 0 Å². The SMILES string of the molecule is C=CCC[C@H](N)c1ccc(C(F)(F)F)cc1C(F)(F)F.Cl. The Kier molecular flexibility index (Phi) is 6.76. The fourth-order valence-corrected chi connectivity index (χ4v) is 1.75. The van der Waals surface area contributed by atoms with Crippen LogP contribution in [0.4, 0.5) is 26.3 Å². The van der Waals surface area contributed by atoms with Crippen molar-refractivity contribution in [2.45, 2.75) is 31.2 Å². The van der Waals surface area contributed by atoms with Crippen LogP contribution in [0, 0.1) is 0 Å². The highest BCUT2D eigenvalue weighted by Crippen LogP contribution is 2.39. The Bertz CT molecular complexity index is 481. The quantitative estimate of drug-likeness (QED) is 0.601. The number of nitrogens with two attached hydrogens (primary N) is 1. The molecule has 1 rings (SSSR count). The average Bonchev–Trinajstić information content (AvgIpc) is 2.33. The predicted molar refractivity (Wildman–Crippen MR) is 70.1 cm³/mol. The highest BCUT2D eigenvalue weighted by Gasteiger charge is 2.38. The van der Waals surface area contributed by atoms with Gasteiger partial charge in [0.05, 0.1) is 11.1 Å². The van der Waals surface area contributed by atoms with E-state index in [0.717, 1.165) is 6.07 Å². The van der Waals surface area contributed by atoms with Gasteiger partial charge in [-0.3, -0.25) is 0 Å². The third kappa shape index (κ3) is 5.24. The highest BCUT2D eigenvalue weighted by atomic mass is 35.5. The fraction of sp³-hybridized carbons (Fsp3) is 0.385. The summed E-state index contributed by atoms with van der Waals surface area (Å²) in [5.41, 5.74) is 2.58. The summed E-state index contributed by atoms with van der Waals surface area (Å²) < 4.78 is 76.0. The molecule has 2 N–H and O–H groups in total. The van der Waals surface area contributed by atoms with Crippen molar-refractivity contribution in [1.29, 1.82) is 0 Å². The summed E-state index contributed by atoms with van der Waals surface area (Å²) in [5, 5.41) is 0. The first-order valence-corrected chi connectivity index (χ1v) is 5.72. The monoisotopic (exact) mass is 333 g/mol. The Morgan fingerprint density at radius 1 is 1.10 bits per heavy atom. The number of hydrogen-bond donors (Lipinski definition) is 1. The molecule has 1 atom stereocenters. The lowest BCUT2D eigenvalue weighted by molar-refractivity contribution is -0.143. The van der Waals surface area contributed by atoms with Crippen LogP contribution in [0.15, 0.2) is 30.9 Å². The Hall–Kier alpha value is -1.21. The van der Waals surface area contributed by atoms with Crippen molar-refractivity contribution in [3.63, 3.8) is 0 Å². The maximum absolute atomic E-state index is 12.9.